The van der Waals surface area contributed by atoms with Crippen LogP contribution in [-0.4, -0.2) is 48.8 Å². The number of aliphatic hydroxyl groups excluding tert-OH is 1. The van der Waals surface area contributed by atoms with Crippen molar-refractivity contribution < 1.29 is 5.11 Å². The molecule has 84 valence electrons. The van der Waals surface area contributed by atoms with E-state index < -0.39 is 0 Å². The second kappa shape index (κ2) is 6.38. The van der Waals surface area contributed by atoms with Gasteiger partial charge >= 0.3 is 0 Å². The maximum Gasteiger partial charge on any atom is 0.0664 e. The molecule has 0 radical (unpaired) electrons. The summed E-state index contributed by atoms with van der Waals surface area (Å²) < 4.78 is 0. The minimum Gasteiger partial charge on any atom is -0.392 e. The molecule has 0 aromatic heterocycles. The van der Waals surface area contributed by atoms with Crippen LogP contribution >= 0.6 is 0 Å². The Morgan fingerprint density at radius 2 is 2.29 bits per heavy atom. The van der Waals surface area contributed by atoms with Crippen LogP contribution in [0.5, 0.6) is 0 Å². The molecule has 0 aliphatic carbocycles. The number of likely N-dealkylation sites (N-methyl/N-ethyl adjacent to an activating group) is 1. The number of piperidine rings is 1. The lowest BCUT2D eigenvalue weighted by molar-refractivity contribution is 0.115. The SMILES string of the molecule is CCC(O)CN(C)CC1CCCCN1. The van der Waals surface area contributed by atoms with E-state index in [1.54, 1.807) is 0 Å². The fourth-order valence-corrected chi connectivity index (χ4v) is 2.02. The Morgan fingerprint density at radius 3 is 2.86 bits per heavy atom. The van der Waals surface area contributed by atoms with E-state index in [0.29, 0.717) is 6.04 Å². The van der Waals surface area contributed by atoms with Crippen molar-refractivity contribution in [1.82, 2.24) is 10.2 Å². The van der Waals surface area contributed by atoms with Crippen molar-refractivity contribution in [1.29, 1.82) is 0 Å². The van der Waals surface area contributed by atoms with Crippen LogP contribution in [0.2, 0.25) is 0 Å². The van der Waals surface area contributed by atoms with Gasteiger partial charge < -0.3 is 15.3 Å². The fourth-order valence-electron chi connectivity index (χ4n) is 2.02. The first kappa shape index (κ1) is 12.0. The van der Waals surface area contributed by atoms with Crippen LogP contribution < -0.4 is 5.32 Å². The highest BCUT2D eigenvalue weighted by Gasteiger charge is 2.15. The largest absolute Gasteiger partial charge is 0.392 e. The van der Waals surface area contributed by atoms with E-state index in [0.717, 1.165) is 26.1 Å². The maximum absolute atomic E-state index is 9.50. The summed E-state index contributed by atoms with van der Waals surface area (Å²) in [6.45, 7) is 5.05. The number of nitrogens with one attached hydrogen (secondary N) is 1. The summed E-state index contributed by atoms with van der Waals surface area (Å²) in [5.74, 6) is 0. The van der Waals surface area contributed by atoms with Gasteiger partial charge in [-0.1, -0.05) is 13.3 Å². The molecule has 3 heteroatoms. The van der Waals surface area contributed by atoms with Gasteiger partial charge in [0.05, 0.1) is 6.10 Å². The standard InChI is InChI=1S/C11H24N2O/c1-3-11(14)9-13(2)8-10-6-4-5-7-12-10/h10-12,14H,3-9H2,1-2H3. The number of rotatable bonds is 5. The molecular formula is C11H24N2O. The van der Waals surface area contributed by atoms with E-state index >= 15 is 0 Å². The van der Waals surface area contributed by atoms with E-state index in [2.05, 4.69) is 17.3 Å². The molecule has 0 aromatic rings. The first-order chi connectivity index (χ1) is 6.72. The molecule has 1 saturated heterocycles. The van der Waals surface area contributed by atoms with Gasteiger partial charge in [0.15, 0.2) is 0 Å². The topological polar surface area (TPSA) is 35.5 Å². The number of aliphatic hydroxyl groups is 1. The lowest BCUT2D eigenvalue weighted by atomic mass is 10.0. The van der Waals surface area contributed by atoms with Gasteiger partial charge in [-0.15, -0.1) is 0 Å². The second-order valence-corrected chi connectivity index (χ2v) is 4.43. The summed E-state index contributed by atoms with van der Waals surface area (Å²) in [5, 5.41) is 13.0. The van der Waals surface area contributed by atoms with Crippen molar-refractivity contribution in [3.8, 4) is 0 Å². The molecule has 1 aliphatic heterocycles. The van der Waals surface area contributed by atoms with Crippen molar-refractivity contribution >= 4 is 0 Å². The van der Waals surface area contributed by atoms with Gasteiger partial charge in [-0.05, 0) is 32.9 Å². The van der Waals surface area contributed by atoms with Crippen molar-refractivity contribution in [3.63, 3.8) is 0 Å². The van der Waals surface area contributed by atoms with Crippen LogP contribution in [0.4, 0.5) is 0 Å². The first-order valence-electron chi connectivity index (χ1n) is 5.82. The lowest BCUT2D eigenvalue weighted by Gasteiger charge is -2.29. The van der Waals surface area contributed by atoms with Crippen LogP contribution in [-0.2, 0) is 0 Å². The third-order valence-electron chi connectivity index (χ3n) is 2.94. The van der Waals surface area contributed by atoms with Gasteiger partial charge in [0, 0.05) is 19.1 Å². The molecule has 1 aliphatic rings. The third-order valence-corrected chi connectivity index (χ3v) is 2.94. The summed E-state index contributed by atoms with van der Waals surface area (Å²) in [6, 6.07) is 0.637. The summed E-state index contributed by atoms with van der Waals surface area (Å²) in [7, 11) is 2.09. The molecule has 1 heterocycles. The van der Waals surface area contributed by atoms with Crippen LogP contribution in [0.25, 0.3) is 0 Å². The van der Waals surface area contributed by atoms with E-state index in [1.165, 1.54) is 19.3 Å². The van der Waals surface area contributed by atoms with Crippen LogP contribution in [0.1, 0.15) is 32.6 Å². The molecular weight excluding hydrogens is 176 g/mol. The third kappa shape index (κ3) is 4.40. The molecule has 0 amide bonds. The smallest absolute Gasteiger partial charge is 0.0664 e. The molecule has 0 bridgehead atoms. The highest BCUT2D eigenvalue weighted by molar-refractivity contribution is 4.75. The predicted molar refractivity (Wildman–Crippen MR) is 59.4 cm³/mol. The predicted octanol–water partition coefficient (Wildman–Crippen LogP) is 0.831. The quantitative estimate of drug-likeness (QED) is 0.690. The molecule has 0 saturated carbocycles. The van der Waals surface area contributed by atoms with E-state index in [9.17, 15) is 5.11 Å². The second-order valence-electron chi connectivity index (χ2n) is 4.43. The molecule has 1 fully saturated rings. The zero-order valence-electron chi connectivity index (χ0n) is 9.50. The zero-order valence-corrected chi connectivity index (χ0v) is 9.50. The Balaban J connectivity index is 2.14. The van der Waals surface area contributed by atoms with Crippen molar-refractivity contribution in [2.75, 3.05) is 26.7 Å². The normalized spacial score (nSPS) is 25.3. The van der Waals surface area contributed by atoms with Crippen LogP contribution in [0.3, 0.4) is 0 Å². The van der Waals surface area contributed by atoms with Gasteiger partial charge in [0.25, 0.3) is 0 Å². The first-order valence-corrected chi connectivity index (χ1v) is 5.82. The number of hydrogen-bond donors (Lipinski definition) is 2. The molecule has 2 atom stereocenters. The Bertz CT molecular complexity index is 146. The minimum atomic E-state index is -0.163. The number of hydrogen-bond acceptors (Lipinski definition) is 3. The summed E-state index contributed by atoms with van der Waals surface area (Å²) >= 11 is 0. The molecule has 1 rings (SSSR count). The van der Waals surface area contributed by atoms with Crippen molar-refractivity contribution in [2.24, 2.45) is 0 Å². The monoisotopic (exact) mass is 200 g/mol. The average molecular weight is 200 g/mol. The molecule has 3 nitrogen and oxygen atoms in total. The highest BCUT2D eigenvalue weighted by atomic mass is 16.3. The number of nitrogens with zero attached hydrogens (tertiary/aromatic N) is 1. The van der Waals surface area contributed by atoms with Crippen molar-refractivity contribution in [2.45, 2.75) is 44.8 Å². The molecule has 14 heavy (non-hydrogen) atoms. The Kier molecular flexibility index (Phi) is 5.45. The zero-order chi connectivity index (χ0) is 10.4. The van der Waals surface area contributed by atoms with Crippen molar-refractivity contribution in [3.05, 3.63) is 0 Å². The van der Waals surface area contributed by atoms with Gasteiger partial charge in [-0.3, -0.25) is 0 Å². The Labute approximate surface area is 87.5 Å². The van der Waals surface area contributed by atoms with Gasteiger partial charge in [0.2, 0.25) is 0 Å². The Morgan fingerprint density at radius 1 is 1.50 bits per heavy atom. The van der Waals surface area contributed by atoms with Crippen LogP contribution in [0.15, 0.2) is 0 Å². The highest BCUT2D eigenvalue weighted by Crippen LogP contribution is 2.08. The summed E-state index contributed by atoms with van der Waals surface area (Å²) in [4.78, 5) is 2.23. The van der Waals surface area contributed by atoms with Gasteiger partial charge in [0.1, 0.15) is 0 Å². The van der Waals surface area contributed by atoms with Crippen LogP contribution in [0, 0.1) is 0 Å². The van der Waals surface area contributed by atoms with Gasteiger partial charge in [-0.25, -0.2) is 0 Å². The maximum atomic E-state index is 9.50. The lowest BCUT2D eigenvalue weighted by Crippen LogP contribution is -2.44. The molecule has 0 spiro atoms. The average Bonchev–Trinajstić information content (AvgIpc) is 2.19. The van der Waals surface area contributed by atoms with E-state index in [-0.39, 0.29) is 6.10 Å². The minimum absolute atomic E-state index is 0.163. The van der Waals surface area contributed by atoms with Gasteiger partial charge in [-0.2, -0.15) is 0 Å². The molecule has 0 aromatic carbocycles. The molecule has 2 N–H and O–H groups in total. The van der Waals surface area contributed by atoms with E-state index in [4.69, 9.17) is 0 Å². The Hall–Kier alpha value is -0.120. The van der Waals surface area contributed by atoms with E-state index in [1.807, 2.05) is 6.92 Å². The fraction of sp³-hybridized carbons (Fsp3) is 1.00. The summed E-state index contributed by atoms with van der Waals surface area (Å²) in [6.07, 6.45) is 4.64. The molecule has 2 unspecified atom stereocenters. The summed E-state index contributed by atoms with van der Waals surface area (Å²) in [5.41, 5.74) is 0.